The molecule has 0 spiro atoms. The van der Waals surface area contributed by atoms with Crippen molar-refractivity contribution in [2.75, 3.05) is 6.61 Å². The maximum absolute atomic E-state index is 13.9. The maximum atomic E-state index is 13.9. The minimum atomic E-state index is -0.428. The monoisotopic (exact) mass is 446 g/mol. The highest BCUT2D eigenvalue weighted by molar-refractivity contribution is 7.10. The number of halogens is 2. The number of hydrogen-bond donors (Lipinski definition) is 1. The number of hydrogen-bond acceptors (Lipinski definition) is 5. The van der Waals surface area contributed by atoms with Gasteiger partial charge >= 0.3 is 0 Å². The van der Waals surface area contributed by atoms with Gasteiger partial charge in [-0.3, -0.25) is 4.79 Å². The van der Waals surface area contributed by atoms with Gasteiger partial charge in [-0.15, -0.1) is 11.3 Å². The van der Waals surface area contributed by atoms with Crippen LogP contribution in [0.5, 0.6) is 11.5 Å². The van der Waals surface area contributed by atoms with Crippen molar-refractivity contribution in [3.8, 4) is 11.5 Å². The molecule has 0 radical (unpaired) electrons. The van der Waals surface area contributed by atoms with Gasteiger partial charge in [-0.2, -0.15) is 5.10 Å². The predicted molar refractivity (Wildman–Crippen MR) is 117 cm³/mol. The summed E-state index contributed by atoms with van der Waals surface area (Å²) in [5, 5.41) is 6.21. The standard InChI is InChI=1S/C22H20ClFN2O3S/c1-2-28-21-11-15(13-25-26-22(27)12-16-5-4-10-30-16)8-9-20(21)29-14-17-18(23)6-3-7-19(17)24/h3-11,13H,2,12,14H2,1H3,(H,26,27)/b25-13-. The Balaban J connectivity index is 1.64. The van der Waals surface area contributed by atoms with Crippen molar-refractivity contribution in [1.82, 2.24) is 5.43 Å². The molecule has 3 rings (SSSR count). The van der Waals surface area contributed by atoms with E-state index in [9.17, 15) is 9.18 Å². The van der Waals surface area contributed by atoms with E-state index in [0.717, 1.165) is 4.88 Å². The summed E-state index contributed by atoms with van der Waals surface area (Å²) in [4.78, 5) is 12.9. The molecule has 1 N–H and O–H groups in total. The number of nitrogens with zero attached hydrogens (tertiary/aromatic N) is 1. The van der Waals surface area contributed by atoms with Crippen molar-refractivity contribution in [1.29, 1.82) is 0 Å². The van der Waals surface area contributed by atoms with Crippen LogP contribution in [0.1, 0.15) is 22.9 Å². The molecule has 0 aliphatic rings. The number of thiophene rings is 1. The van der Waals surface area contributed by atoms with Gasteiger partial charge in [0.25, 0.3) is 0 Å². The molecule has 1 aromatic heterocycles. The predicted octanol–water partition coefficient (Wildman–Crippen LogP) is 5.21. The van der Waals surface area contributed by atoms with Gasteiger partial charge in [0.05, 0.1) is 24.3 Å². The average Bonchev–Trinajstić information content (AvgIpc) is 3.22. The Morgan fingerprint density at radius 3 is 2.80 bits per heavy atom. The zero-order chi connectivity index (χ0) is 21.3. The fourth-order valence-electron chi connectivity index (χ4n) is 2.60. The smallest absolute Gasteiger partial charge is 0.245 e. The molecular weight excluding hydrogens is 427 g/mol. The highest BCUT2D eigenvalue weighted by atomic mass is 35.5. The van der Waals surface area contributed by atoms with Gasteiger partial charge in [-0.1, -0.05) is 23.7 Å². The zero-order valence-corrected chi connectivity index (χ0v) is 17.8. The van der Waals surface area contributed by atoms with Crippen LogP contribution in [-0.4, -0.2) is 18.7 Å². The Labute approximate surface area is 183 Å². The van der Waals surface area contributed by atoms with E-state index < -0.39 is 5.82 Å². The number of hydrazone groups is 1. The second kappa shape index (κ2) is 10.8. The van der Waals surface area contributed by atoms with Crippen LogP contribution in [0.3, 0.4) is 0 Å². The van der Waals surface area contributed by atoms with Gasteiger partial charge in [0, 0.05) is 10.4 Å². The highest BCUT2D eigenvalue weighted by Crippen LogP contribution is 2.30. The Morgan fingerprint density at radius 2 is 2.07 bits per heavy atom. The molecule has 0 saturated carbocycles. The molecule has 30 heavy (non-hydrogen) atoms. The van der Waals surface area contributed by atoms with Crippen molar-refractivity contribution in [2.24, 2.45) is 5.10 Å². The molecular formula is C22H20ClFN2O3S. The zero-order valence-electron chi connectivity index (χ0n) is 16.2. The lowest BCUT2D eigenvalue weighted by atomic mass is 10.2. The first kappa shape index (κ1) is 21.8. The third-order valence-corrected chi connectivity index (χ3v) is 5.25. The van der Waals surface area contributed by atoms with Crippen LogP contribution in [0.4, 0.5) is 4.39 Å². The van der Waals surface area contributed by atoms with Gasteiger partial charge in [0.2, 0.25) is 5.91 Å². The molecule has 0 aliphatic carbocycles. The summed E-state index contributed by atoms with van der Waals surface area (Å²) < 4.78 is 25.3. The fraction of sp³-hybridized carbons (Fsp3) is 0.182. The summed E-state index contributed by atoms with van der Waals surface area (Å²) in [6.07, 6.45) is 1.80. The molecule has 0 bridgehead atoms. The molecule has 1 heterocycles. The number of carbonyl (C=O) groups is 1. The normalized spacial score (nSPS) is 10.9. The van der Waals surface area contributed by atoms with Crippen molar-refractivity contribution >= 4 is 35.1 Å². The van der Waals surface area contributed by atoms with Crippen LogP contribution in [-0.2, 0) is 17.8 Å². The van der Waals surface area contributed by atoms with Crippen LogP contribution < -0.4 is 14.9 Å². The molecule has 0 unspecified atom stereocenters. The summed E-state index contributed by atoms with van der Waals surface area (Å²) in [5.41, 5.74) is 3.50. The number of amides is 1. The Hall–Kier alpha value is -2.90. The van der Waals surface area contributed by atoms with E-state index in [2.05, 4.69) is 10.5 Å². The summed E-state index contributed by atoms with van der Waals surface area (Å²) in [7, 11) is 0. The molecule has 1 amide bonds. The van der Waals surface area contributed by atoms with E-state index in [0.29, 0.717) is 28.7 Å². The maximum Gasteiger partial charge on any atom is 0.245 e. The van der Waals surface area contributed by atoms with E-state index in [1.807, 2.05) is 24.4 Å². The van der Waals surface area contributed by atoms with E-state index in [1.54, 1.807) is 30.3 Å². The summed E-state index contributed by atoms with van der Waals surface area (Å²) in [6, 6.07) is 13.5. The lowest BCUT2D eigenvalue weighted by molar-refractivity contribution is -0.120. The van der Waals surface area contributed by atoms with Crippen molar-refractivity contribution in [3.05, 3.63) is 80.8 Å². The molecule has 0 aliphatic heterocycles. The first-order chi connectivity index (χ1) is 14.6. The number of carbonyl (C=O) groups excluding carboxylic acids is 1. The molecule has 5 nitrogen and oxygen atoms in total. The fourth-order valence-corrected chi connectivity index (χ4v) is 3.52. The molecule has 2 aromatic carbocycles. The lowest BCUT2D eigenvalue weighted by Gasteiger charge is -2.13. The van der Waals surface area contributed by atoms with Gasteiger partial charge < -0.3 is 9.47 Å². The lowest BCUT2D eigenvalue weighted by Crippen LogP contribution is -2.19. The molecule has 156 valence electrons. The highest BCUT2D eigenvalue weighted by Gasteiger charge is 2.11. The SMILES string of the molecule is CCOc1cc(/C=N\NC(=O)Cc2cccs2)ccc1OCc1c(F)cccc1Cl. The van der Waals surface area contributed by atoms with Gasteiger partial charge in [-0.25, -0.2) is 9.82 Å². The molecule has 0 atom stereocenters. The number of benzene rings is 2. The third-order valence-electron chi connectivity index (χ3n) is 4.02. The van der Waals surface area contributed by atoms with Crippen molar-refractivity contribution in [2.45, 2.75) is 20.0 Å². The first-order valence-corrected chi connectivity index (χ1v) is 10.5. The number of ether oxygens (including phenoxy) is 2. The Kier molecular flexibility index (Phi) is 7.82. The summed E-state index contributed by atoms with van der Waals surface area (Å²) >= 11 is 7.57. The Morgan fingerprint density at radius 1 is 1.20 bits per heavy atom. The van der Waals surface area contributed by atoms with E-state index in [-0.39, 0.29) is 24.5 Å². The quantitative estimate of drug-likeness (QED) is 0.362. The molecule has 8 heteroatoms. The van der Waals surface area contributed by atoms with E-state index in [4.69, 9.17) is 21.1 Å². The van der Waals surface area contributed by atoms with Crippen LogP contribution in [0, 0.1) is 5.82 Å². The molecule has 3 aromatic rings. The van der Waals surface area contributed by atoms with Crippen LogP contribution >= 0.6 is 22.9 Å². The van der Waals surface area contributed by atoms with Crippen molar-refractivity contribution in [3.63, 3.8) is 0 Å². The number of rotatable bonds is 9. The third kappa shape index (κ3) is 6.05. The van der Waals surface area contributed by atoms with Gasteiger partial charge in [0.1, 0.15) is 12.4 Å². The molecule has 0 saturated heterocycles. The first-order valence-electron chi connectivity index (χ1n) is 9.23. The summed E-state index contributed by atoms with van der Waals surface area (Å²) in [6.45, 7) is 2.25. The van der Waals surface area contributed by atoms with E-state index >= 15 is 0 Å². The van der Waals surface area contributed by atoms with Crippen LogP contribution in [0.25, 0.3) is 0 Å². The van der Waals surface area contributed by atoms with E-state index in [1.165, 1.54) is 23.6 Å². The van der Waals surface area contributed by atoms with Crippen molar-refractivity contribution < 1.29 is 18.7 Å². The second-order valence-corrected chi connectivity index (χ2v) is 7.62. The number of nitrogens with one attached hydrogen (secondary N) is 1. The molecule has 0 fully saturated rings. The second-order valence-electron chi connectivity index (χ2n) is 6.18. The minimum absolute atomic E-state index is 0.0300. The van der Waals surface area contributed by atoms with Gasteiger partial charge in [-0.05, 0) is 54.3 Å². The van der Waals surface area contributed by atoms with Crippen LogP contribution in [0.15, 0.2) is 59.0 Å². The van der Waals surface area contributed by atoms with Gasteiger partial charge in [0.15, 0.2) is 11.5 Å². The van der Waals surface area contributed by atoms with Crippen LogP contribution in [0.2, 0.25) is 5.02 Å². The topological polar surface area (TPSA) is 59.9 Å². The Bertz CT molecular complexity index is 1000. The largest absolute Gasteiger partial charge is 0.490 e. The summed E-state index contributed by atoms with van der Waals surface area (Å²) in [5.74, 6) is 0.317. The minimum Gasteiger partial charge on any atom is -0.490 e. The average molecular weight is 447 g/mol.